The van der Waals surface area contributed by atoms with Crippen LogP contribution in [0.1, 0.15) is 24.9 Å². The summed E-state index contributed by atoms with van der Waals surface area (Å²) in [6, 6.07) is 6.06. The van der Waals surface area contributed by atoms with E-state index in [-0.39, 0.29) is 5.91 Å². The summed E-state index contributed by atoms with van der Waals surface area (Å²) >= 11 is 1.87. The minimum absolute atomic E-state index is 0.0322. The van der Waals surface area contributed by atoms with E-state index in [9.17, 15) is 4.79 Å². The Morgan fingerprint density at radius 3 is 2.85 bits per heavy atom. The highest BCUT2D eigenvalue weighted by atomic mass is 32.2. The van der Waals surface area contributed by atoms with Gasteiger partial charge in [-0.25, -0.2) is 0 Å². The average molecular weight is 293 g/mol. The van der Waals surface area contributed by atoms with Gasteiger partial charge in [-0.1, -0.05) is 6.07 Å². The SMILES string of the molecule is CSCCC(C)N(C)c1ccc2c(c1)N(C)C(=O)C2N. The molecule has 0 aromatic heterocycles. The first-order valence-electron chi connectivity index (χ1n) is 6.86. The molecule has 0 spiro atoms. The number of likely N-dealkylation sites (N-methyl/N-ethyl adjacent to an activating group) is 1. The van der Waals surface area contributed by atoms with Gasteiger partial charge in [0.2, 0.25) is 5.91 Å². The van der Waals surface area contributed by atoms with E-state index in [0.29, 0.717) is 6.04 Å². The van der Waals surface area contributed by atoms with Gasteiger partial charge in [0.1, 0.15) is 6.04 Å². The molecule has 2 rings (SSSR count). The summed E-state index contributed by atoms with van der Waals surface area (Å²) < 4.78 is 0. The Bertz CT molecular complexity index is 506. The Balaban J connectivity index is 2.22. The fourth-order valence-corrected chi connectivity index (χ4v) is 3.08. The van der Waals surface area contributed by atoms with Crippen LogP contribution in [0.3, 0.4) is 0 Å². The molecule has 110 valence electrons. The number of anilines is 2. The standard InChI is InChI=1S/C15H23N3OS/c1-10(7-8-20-4)17(2)11-5-6-12-13(9-11)18(3)15(19)14(12)16/h5-6,9-10,14H,7-8,16H2,1-4H3. The topological polar surface area (TPSA) is 49.6 Å². The number of benzene rings is 1. The van der Waals surface area contributed by atoms with Crippen molar-refractivity contribution in [3.05, 3.63) is 23.8 Å². The zero-order chi connectivity index (χ0) is 14.9. The molecule has 1 aliphatic rings. The first-order chi connectivity index (χ1) is 9.47. The van der Waals surface area contributed by atoms with Crippen LogP contribution < -0.4 is 15.5 Å². The van der Waals surface area contributed by atoms with Crippen molar-refractivity contribution in [1.29, 1.82) is 0 Å². The second-order valence-electron chi connectivity index (χ2n) is 5.36. The molecule has 1 aliphatic heterocycles. The number of nitrogens with two attached hydrogens (primary N) is 1. The van der Waals surface area contributed by atoms with Crippen molar-refractivity contribution in [2.45, 2.75) is 25.4 Å². The molecule has 4 nitrogen and oxygen atoms in total. The van der Waals surface area contributed by atoms with Crippen LogP contribution in [0.25, 0.3) is 0 Å². The van der Waals surface area contributed by atoms with Crippen LogP contribution in [0.15, 0.2) is 18.2 Å². The summed E-state index contributed by atoms with van der Waals surface area (Å²) in [5.74, 6) is 1.12. The monoisotopic (exact) mass is 293 g/mol. The van der Waals surface area contributed by atoms with Gasteiger partial charge in [-0.15, -0.1) is 0 Å². The molecule has 0 saturated heterocycles. The lowest BCUT2D eigenvalue weighted by atomic mass is 10.1. The predicted molar refractivity (Wildman–Crippen MR) is 87.6 cm³/mol. The summed E-state index contributed by atoms with van der Waals surface area (Å²) in [6.07, 6.45) is 3.27. The van der Waals surface area contributed by atoms with E-state index in [1.165, 1.54) is 0 Å². The Morgan fingerprint density at radius 1 is 1.50 bits per heavy atom. The third kappa shape index (κ3) is 2.65. The van der Waals surface area contributed by atoms with Crippen LogP contribution >= 0.6 is 11.8 Å². The zero-order valence-corrected chi connectivity index (χ0v) is 13.4. The number of hydrogen-bond donors (Lipinski definition) is 1. The molecular weight excluding hydrogens is 270 g/mol. The van der Waals surface area contributed by atoms with E-state index in [1.807, 2.05) is 17.8 Å². The smallest absolute Gasteiger partial charge is 0.248 e. The normalized spacial score (nSPS) is 19.1. The van der Waals surface area contributed by atoms with Gasteiger partial charge in [-0.3, -0.25) is 4.79 Å². The fourth-order valence-electron chi connectivity index (χ4n) is 2.50. The summed E-state index contributed by atoms with van der Waals surface area (Å²) in [7, 11) is 3.89. The average Bonchev–Trinajstić information content (AvgIpc) is 2.68. The minimum Gasteiger partial charge on any atom is -0.372 e. The van der Waals surface area contributed by atoms with E-state index in [2.05, 4.69) is 37.3 Å². The van der Waals surface area contributed by atoms with Gasteiger partial charge in [0.15, 0.2) is 0 Å². The van der Waals surface area contributed by atoms with Crippen LogP contribution in [-0.2, 0) is 4.79 Å². The lowest BCUT2D eigenvalue weighted by Gasteiger charge is -2.27. The largest absolute Gasteiger partial charge is 0.372 e. The maximum absolute atomic E-state index is 11.9. The lowest BCUT2D eigenvalue weighted by molar-refractivity contribution is -0.118. The predicted octanol–water partition coefficient (Wildman–Crippen LogP) is 2.24. The Kier molecular flexibility index (Phi) is 4.60. The van der Waals surface area contributed by atoms with E-state index in [0.717, 1.165) is 29.1 Å². The van der Waals surface area contributed by atoms with E-state index in [1.54, 1.807) is 11.9 Å². The highest BCUT2D eigenvalue weighted by molar-refractivity contribution is 7.98. The number of nitrogens with zero attached hydrogens (tertiary/aromatic N) is 2. The summed E-state index contributed by atoms with van der Waals surface area (Å²) in [4.78, 5) is 15.8. The molecular formula is C15H23N3OS. The number of rotatable bonds is 5. The molecule has 1 amide bonds. The van der Waals surface area contributed by atoms with Crippen molar-refractivity contribution in [2.24, 2.45) is 5.73 Å². The molecule has 2 atom stereocenters. The van der Waals surface area contributed by atoms with Crippen molar-refractivity contribution in [3.63, 3.8) is 0 Å². The van der Waals surface area contributed by atoms with Crippen molar-refractivity contribution in [2.75, 3.05) is 35.9 Å². The molecule has 0 saturated carbocycles. The molecule has 0 bridgehead atoms. The molecule has 5 heteroatoms. The number of amides is 1. The van der Waals surface area contributed by atoms with Gasteiger partial charge < -0.3 is 15.5 Å². The lowest BCUT2D eigenvalue weighted by Crippen LogP contribution is -2.29. The number of hydrogen-bond acceptors (Lipinski definition) is 4. The van der Waals surface area contributed by atoms with Crippen LogP contribution in [0, 0.1) is 0 Å². The number of fused-ring (bicyclic) bond motifs is 1. The second-order valence-corrected chi connectivity index (χ2v) is 6.35. The maximum atomic E-state index is 11.9. The van der Waals surface area contributed by atoms with Gasteiger partial charge in [-0.05, 0) is 37.5 Å². The molecule has 2 N–H and O–H groups in total. The third-order valence-electron chi connectivity index (χ3n) is 4.12. The van der Waals surface area contributed by atoms with Crippen molar-refractivity contribution >= 4 is 29.0 Å². The molecule has 2 unspecified atom stereocenters. The first kappa shape index (κ1) is 15.2. The van der Waals surface area contributed by atoms with E-state index < -0.39 is 6.04 Å². The van der Waals surface area contributed by atoms with Crippen LogP contribution in [0.4, 0.5) is 11.4 Å². The molecule has 1 aromatic carbocycles. The Hall–Kier alpha value is -1.20. The molecule has 0 aliphatic carbocycles. The van der Waals surface area contributed by atoms with Gasteiger partial charge in [0.05, 0.1) is 5.69 Å². The van der Waals surface area contributed by atoms with Crippen molar-refractivity contribution in [1.82, 2.24) is 0 Å². The van der Waals surface area contributed by atoms with Gasteiger partial charge in [0, 0.05) is 31.4 Å². The molecule has 1 aromatic rings. The van der Waals surface area contributed by atoms with E-state index in [4.69, 9.17) is 5.73 Å². The summed E-state index contributed by atoms with van der Waals surface area (Å²) in [6.45, 7) is 2.23. The minimum atomic E-state index is -0.511. The second kappa shape index (κ2) is 6.06. The molecule has 0 fully saturated rings. The van der Waals surface area contributed by atoms with E-state index >= 15 is 0 Å². The highest BCUT2D eigenvalue weighted by Gasteiger charge is 2.32. The highest BCUT2D eigenvalue weighted by Crippen LogP contribution is 2.36. The first-order valence-corrected chi connectivity index (χ1v) is 8.25. The molecule has 20 heavy (non-hydrogen) atoms. The van der Waals surface area contributed by atoms with Gasteiger partial charge in [0.25, 0.3) is 0 Å². The Morgan fingerprint density at radius 2 is 2.20 bits per heavy atom. The van der Waals surface area contributed by atoms with Gasteiger partial charge >= 0.3 is 0 Å². The van der Waals surface area contributed by atoms with Crippen LogP contribution in [-0.4, -0.2) is 38.1 Å². The van der Waals surface area contributed by atoms with Crippen LogP contribution in [0.5, 0.6) is 0 Å². The number of carbonyl (C=O) groups excluding carboxylic acids is 1. The third-order valence-corrected chi connectivity index (χ3v) is 4.76. The zero-order valence-electron chi connectivity index (χ0n) is 12.6. The summed E-state index contributed by atoms with van der Waals surface area (Å²) in [5, 5.41) is 0. The Labute approximate surface area is 125 Å². The van der Waals surface area contributed by atoms with Crippen molar-refractivity contribution in [3.8, 4) is 0 Å². The summed E-state index contributed by atoms with van der Waals surface area (Å²) in [5.41, 5.74) is 8.91. The molecule has 0 radical (unpaired) electrons. The maximum Gasteiger partial charge on any atom is 0.248 e. The quantitative estimate of drug-likeness (QED) is 0.904. The van der Waals surface area contributed by atoms with Crippen molar-refractivity contribution < 1.29 is 4.79 Å². The number of carbonyl (C=O) groups is 1. The number of thioether (sulfide) groups is 1. The molecule has 1 heterocycles. The van der Waals surface area contributed by atoms with Crippen LogP contribution in [0.2, 0.25) is 0 Å². The van der Waals surface area contributed by atoms with Gasteiger partial charge in [-0.2, -0.15) is 11.8 Å². The fraction of sp³-hybridized carbons (Fsp3) is 0.533.